The zero-order valence-electron chi connectivity index (χ0n) is 27.2. The highest BCUT2D eigenvalue weighted by Crippen LogP contribution is 2.18. The van der Waals surface area contributed by atoms with Crippen LogP contribution in [0.5, 0.6) is 0 Å². The maximum Gasteiger partial charge on any atom is 0.320 e. The van der Waals surface area contributed by atoms with Crippen molar-refractivity contribution in [2.24, 2.45) is 0 Å². The second kappa shape index (κ2) is 19.6. The molecule has 48 heavy (non-hydrogen) atoms. The summed E-state index contributed by atoms with van der Waals surface area (Å²) in [6.45, 7) is -2.84. The third kappa shape index (κ3) is 12.0. The molecule has 1 aromatic rings. The molecule has 2 amide bonds. The Morgan fingerprint density at radius 3 is 1.35 bits per heavy atom. The molecule has 0 spiro atoms. The first-order valence-corrected chi connectivity index (χ1v) is 15.6. The SMILES string of the molecule is CN1CCN(C(CCC(=O)NC(CO)(CO)CO)C(=O)O)Cc2cccc(n2)CN(C(CCC(=O)NC(CO)(CO)CO)C(=O)O)CC1. The highest BCUT2D eigenvalue weighted by molar-refractivity contribution is 5.80. The first kappa shape index (κ1) is 40.8. The van der Waals surface area contributed by atoms with Crippen LogP contribution in [0.15, 0.2) is 18.2 Å². The molecule has 0 saturated carbocycles. The molecule has 18 heteroatoms. The number of aromatic nitrogens is 1. The Kier molecular flexibility index (Phi) is 16.7. The molecule has 1 aliphatic heterocycles. The molecule has 2 bridgehead atoms. The van der Waals surface area contributed by atoms with Gasteiger partial charge in [-0.3, -0.25) is 34.0 Å². The van der Waals surface area contributed by atoms with E-state index in [1.165, 1.54) is 0 Å². The summed E-state index contributed by atoms with van der Waals surface area (Å²) in [6, 6.07) is 2.91. The number of carboxylic acid groups (broad SMARTS) is 2. The van der Waals surface area contributed by atoms with E-state index in [1.54, 1.807) is 35.0 Å². The Hall–Kier alpha value is -3.33. The standard InChI is InChI=1S/C30H50N6O12/c1-34-9-11-35(23(27(45)46)5-7-25(43)32-29(15-37,16-38)17-39)13-21-3-2-4-22(31-21)14-36(12-10-34)24(28(47)48)6-8-26(44)33-30(18-40,19-41)20-42/h2-4,23-24,37-42H,5-20H2,1H3,(H,32,43)(H,33,44)(H,45,46)(H,47,48). The van der Waals surface area contributed by atoms with Gasteiger partial charge in [0.2, 0.25) is 11.8 Å². The second-order valence-electron chi connectivity index (χ2n) is 12.3. The molecule has 2 rings (SSSR count). The van der Waals surface area contributed by atoms with Gasteiger partial charge in [0, 0.05) is 52.1 Å². The molecule has 2 atom stereocenters. The van der Waals surface area contributed by atoms with E-state index < -0.39 is 86.6 Å². The molecule has 0 saturated heterocycles. The quantitative estimate of drug-likeness (QED) is 0.0700. The van der Waals surface area contributed by atoms with Crippen LogP contribution in [0.25, 0.3) is 0 Å². The Bertz CT molecular complexity index is 1100. The third-order valence-electron chi connectivity index (χ3n) is 8.50. The van der Waals surface area contributed by atoms with Crippen LogP contribution in [0.3, 0.4) is 0 Å². The van der Waals surface area contributed by atoms with Gasteiger partial charge >= 0.3 is 11.9 Å². The summed E-state index contributed by atoms with van der Waals surface area (Å²) in [4.78, 5) is 59.9. The van der Waals surface area contributed by atoms with Gasteiger partial charge in [0.1, 0.15) is 23.2 Å². The van der Waals surface area contributed by atoms with Crippen LogP contribution in [-0.4, -0.2) is 180 Å². The molecular weight excluding hydrogens is 636 g/mol. The van der Waals surface area contributed by atoms with Gasteiger partial charge in [-0.2, -0.15) is 0 Å². The summed E-state index contributed by atoms with van der Waals surface area (Å²) in [5.74, 6) is -3.63. The van der Waals surface area contributed by atoms with E-state index in [9.17, 15) is 60.0 Å². The number of aliphatic hydroxyl groups is 6. The van der Waals surface area contributed by atoms with Crippen LogP contribution in [0.4, 0.5) is 0 Å². The lowest BCUT2D eigenvalue weighted by atomic mass is 10.0. The minimum absolute atomic E-state index is 0.0962. The number of nitrogens with zero attached hydrogens (tertiary/aromatic N) is 4. The summed E-state index contributed by atoms with van der Waals surface area (Å²) in [5, 5.41) is 82.0. The molecule has 18 nitrogen and oxygen atoms in total. The van der Waals surface area contributed by atoms with Crippen LogP contribution >= 0.6 is 0 Å². The van der Waals surface area contributed by atoms with Gasteiger partial charge in [-0.15, -0.1) is 0 Å². The zero-order valence-corrected chi connectivity index (χ0v) is 27.2. The van der Waals surface area contributed by atoms with Crippen molar-refractivity contribution >= 4 is 23.8 Å². The van der Waals surface area contributed by atoms with Gasteiger partial charge in [-0.25, -0.2) is 0 Å². The van der Waals surface area contributed by atoms with Crippen molar-refractivity contribution in [2.75, 3.05) is 72.9 Å². The molecular formula is C30H50N6O12. The van der Waals surface area contributed by atoms with Gasteiger partial charge in [0.05, 0.1) is 51.0 Å². The largest absolute Gasteiger partial charge is 0.480 e. The fraction of sp³-hybridized carbons (Fsp3) is 0.700. The summed E-state index contributed by atoms with van der Waals surface area (Å²) >= 11 is 0. The number of amides is 2. The molecule has 2 heterocycles. The van der Waals surface area contributed by atoms with Crippen molar-refractivity contribution in [2.45, 2.75) is 61.9 Å². The molecule has 0 fully saturated rings. The number of aliphatic carboxylic acids is 2. The van der Waals surface area contributed by atoms with Crippen LogP contribution in [0, 0.1) is 0 Å². The molecule has 1 aromatic heterocycles. The van der Waals surface area contributed by atoms with E-state index >= 15 is 0 Å². The normalized spacial score (nSPS) is 17.1. The van der Waals surface area contributed by atoms with Gasteiger partial charge in [-0.1, -0.05) is 6.07 Å². The number of aliphatic hydroxyl groups excluding tert-OH is 6. The van der Waals surface area contributed by atoms with Crippen molar-refractivity contribution in [1.82, 2.24) is 30.3 Å². The van der Waals surface area contributed by atoms with Crippen LogP contribution < -0.4 is 10.6 Å². The summed E-state index contributed by atoms with van der Waals surface area (Å²) in [6.07, 6.45) is -0.743. The fourth-order valence-corrected chi connectivity index (χ4v) is 5.24. The Balaban J connectivity index is 2.25. The molecule has 2 unspecified atom stereocenters. The third-order valence-corrected chi connectivity index (χ3v) is 8.50. The number of nitrogens with one attached hydrogen (secondary N) is 2. The minimum Gasteiger partial charge on any atom is -0.480 e. The number of hydrogen-bond donors (Lipinski definition) is 10. The lowest BCUT2D eigenvalue weighted by Crippen LogP contribution is -2.57. The Morgan fingerprint density at radius 2 is 1.04 bits per heavy atom. The van der Waals surface area contributed by atoms with E-state index in [-0.39, 0.29) is 51.9 Å². The molecule has 0 aliphatic carbocycles. The Morgan fingerprint density at radius 1 is 0.688 bits per heavy atom. The predicted molar refractivity (Wildman–Crippen MR) is 168 cm³/mol. The molecule has 0 aromatic carbocycles. The number of pyridine rings is 1. The molecule has 10 N–H and O–H groups in total. The van der Waals surface area contributed by atoms with Crippen molar-refractivity contribution in [3.8, 4) is 0 Å². The Labute approximate surface area is 278 Å². The van der Waals surface area contributed by atoms with E-state index in [4.69, 9.17) is 0 Å². The van der Waals surface area contributed by atoms with Crippen LogP contribution in [0.2, 0.25) is 0 Å². The average Bonchev–Trinajstić information content (AvgIpc) is 3.06. The summed E-state index contributed by atoms with van der Waals surface area (Å²) in [7, 11) is 1.79. The van der Waals surface area contributed by atoms with Crippen LogP contribution in [0.1, 0.15) is 37.1 Å². The molecule has 0 radical (unpaired) electrons. The summed E-state index contributed by atoms with van der Waals surface area (Å²) in [5.41, 5.74) is -2.26. The average molecular weight is 687 g/mol. The number of fused-ring (bicyclic) bond motifs is 2. The monoisotopic (exact) mass is 686 g/mol. The first-order chi connectivity index (χ1) is 22.8. The lowest BCUT2D eigenvalue weighted by Gasteiger charge is -2.34. The van der Waals surface area contributed by atoms with Crippen molar-refractivity contribution in [3.05, 3.63) is 29.6 Å². The molecule has 272 valence electrons. The van der Waals surface area contributed by atoms with Gasteiger partial charge in [-0.05, 0) is 32.0 Å². The lowest BCUT2D eigenvalue weighted by molar-refractivity contribution is -0.145. The second-order valence-corrected chi connectivity index (χ2v) is 12.3. The zero-order chi connectivity index (χ0) is 35.9. The maximum atomic E-state index is 12.6. The fourth-order valence-electron chi connectivity index (χ4n) is 5.24. The van der Waals surface area contributed by atoms with E-state index in [0.29, 0.717) is 24.5 Å². The highest BCUT2D eigenvalue weighted by Gasteiger charge is 2.34. The maximum absolute atomic E-state index is 12.6. The van der Waals surface area contributed by atoms with Gasteiger partial charge in [0.15, 0.2) is 0 Å². The topological polar surface area (TPSA) is 277 Å². The molecule has 1 aliphatic rings. The van der Waals surface area contributed by atoms with E-state index in [0.717, 1.165) is 0 Å². The smallest absolute Gasteiger partial charge is 0.320 e. The van der Waals surface area contributed by atoms with Crippen molar-refractivity contribution in [3.63, 3.8) is 0 Å². The van der Waals surface area contributed by atoms with Crippen molar-refractivity contribution in [1.29, 1.82) is 0 Å². The number of rotatable bonds is 18. The minimum atomic E-state index is -1.64. The first-order valence-electron chi connectivity index (χ1n) is 15.6. The van der Waals surface area contributed by atoms with Gasteiger partial charge < -0.3 is 56.4 Å². The number of carboxylic acids is 2. The summed E-state index contributed by atoms with van der Waals surface area (Å²) < 4.78 is 0. The van der Waals surface area contributed by atoms with E-state index in [1.807, 2.05) is 4.90 Å². The number of likely N-dealkylation sites (N-methyl/N-ethyl adjacent to an activating group) is 1. The number of carbonyl (C=O) groups excluding carboxylic acids is 2. The van der Waals surface area contributed by atoms with Crippen LogP contribution in [-0.2, 0) is 32.3 Å². The predicted octanol–water partition coefficient (Wildman–Crippen LogP) is -4.24. The van der Waals surface area contributed by atoms with Crippen molar-refractivity contribution < 1.29 is 60.0 Å². The van der Waals surface area contributed by atoms with Gasteiger partial charge in [0.25, 0.3) is 0 Å². The highest BCUT2D eigenvalue weighted by atomic mass is 16.4. The van der Waals surface area contributed by atoms with E-state index in [2.05, 4.69) is 15.6 Å². The number of carbonyl (C=O) groups is 4. The number of hydrogen-bond acceptors (Lipinski definition) is 14.